The monoisotopic (exact) mass is 184 g/mol. The highest BCUT2D eigenvalue weighted by molar-refractivity contribution is 5.93. The van der Waals surface area contributed by atoms with E-state index in [1.807, 2.05) is 32.8 Å². The molecule has 0 aromatic rings. The minimum absolute atomic E-state index is 0.491. The van der Waals surface area contributed by atoms with Crippen LogP contribution in [0.3, 0.4) is 0 Å². The second kappa shape index (κ2) is 5.70. The third-order valence-electron chi connectivity index (χ3n) is 1.46. The lowest BCUT2D eigenvalue weighted by atomic mass is 10.1. The van der Waals surface area contributed by atoms with E-state index in [-0.39, 0.29) is 0 Å². The maximum Gasteiger partial charge on any atom is 0.0856 e. The first-order valence-electron chi connectivity index (χ1n) is 4.66. The Labute approximate surface area is 80.5 Å². The summed E-state index contributed by atoms with van der Waals surface area (Å²) in [6.45, 7) is 7.49. The molecule has 0 aromatic carbocycles. The van der Waals surface area contributed by atoms with E-state index in [4.69, 9.17) is 5.73 Å². The smallest absolute Gasteiger partial charge is 0.0856 e. The van der Waals surface area contributed by atoms with Gasteiger partial charge in [-0.15, -0.1) is 0 Å². The van der Waals surface area contributed by atoms with Crippen LogP contribution in [0.15, 0.2) is 10.1 Å². The van der Waals surface area contributed by atoms with E-state index in [9.17, 15) is 0 Å². The molecule has 1 unspecified atom stereocenters. The van der Waals surface area contributed by atoms with E-state index in [0.29, 0.717) is 0 Å². The molecule has 0 saturated heterocycles. The van der Waals surface area contributed by atoms with Crippen LogP contribution in [0.5, 0.6) is 0 Å². The Hall–Kier alpha value is -0.900. The quantitative estimate of drug-likeness (QED) is 0.603. The average Bonchev–Trinajstić information content (AvgIpc) is 2.11. The van der Waals surface area contributed by atoms with Crippen molar-refractivity contribution in [3.8, 4) is 0 Å². The Morgan fingerprint density at radius 2 is 2.00 bits per heavy atom. The lowest BCUT2D eigenvalue weighted by molar-refractivity contribution is 0.363. The maximum atomic E-state index is 5.78. The molecule has 1 aliphatic rings. The molecule has 2 N–H and O–H groups in total. The van der Waals surface area contributed by atoms with Crippen LogP contribution in [0.2, 0.25) is 0 Å². The lowest BCUT2D eigenvalue weighted by Gasteiger charge is -2.19. The SMILES string of the molecule is CC.CN1CCN=CC(C)(N)/C=N\1. The Kier molecular flexibility index (Phi) is 5.30. The van der Waals surface area contributed by atoms with Gasteiger partial charge in [-0.25, -0.2) is 0 Å². The molecule has 0 bridgehead atoms. The van der Waals surface area contributed by atoms with Crippen LogP contribution >= 0.6 is 0 Å². The number of hydrogen-bond acceptors (Lipinski definition) is 4. The molecule has 1 atom stereocenters. The second-order valence-electron chi connectivity index (χ2n) is 3.03. The first kappa shape index (κ1) is 12.1. The van der Waals surface area contributed by atoms with Gasteiger partial charge in [-0.05, 0) is 6.92 Å². The van der Waals surface area contributed by atoms with E-state index in [1.54, 1.807) is 12.4 Å². The van der Waals surface area contributed by atoms with Crippen molar-refractivity contribution in [3.63, 3.8) is 0 Å². The number of aliphatic imine (C=N–C) groups is 1. The Balaban J connectivity index is 0.000000671. The first-order valence-corrected chi connectivity index (χ1v) is 4.66. The van der Waals surface area contributed by atoms with Gasteiger partial charge in [0.25, 0.3) is 0 Å². The predicted octanol–water partition coefficient (Wildman–Crippen LogP) is 0.732. The molecule has 1 rings (SSSR count). The van der Waals surface area contributed by atoms with Crippen LogP contribution in [0, 0.1) is 0 Å². The molecule has 0 spiro atoms. The zero-order valence-electron chi connectivity index (χ0n) is 8.99. The second-order valence-corrected chi connectivity index (χ2v) is 3.03. The number of hydrazone groups is 1. The van der Waals surface area contributed by atoms with Crippen molar-refractivity contribution in [2.75, 3.05) is 20.1 Å². The van der Waals surface area contributed by atoms with E-state index in [2.05, 4.69) is 10.1 Å². The zero-order chi connectivity index (χ0) is 10.3. The standard InChI is InChI=1S/C7H14N4.C2H6/c1-7(8)5-9-3-4-11(2)10-6-7;1-2/h5-6H,3-4,8H2,1-2H3;1-2H3/b9-5?,10-6-;. The van der Waals surface area contributed by atoms with Crippen LogP contribution in [0.4, 0.5) is 0 Å². The van der Waals surface area contributed by atoms with Crippen molar-refractivity contribution >= 4 is 12.4 Å². The highest BCUT2D eigenvalue weighted by Gasteiger charge is 2.13. The molecule has 0 amide bonds. The molecule has 1 aliphatic heterocycles. The summed E-state index contributed by atoms with van der Waals surface area (Å²) in [6, 6.07) is 0. The number of rotatable bonds is 0. The van der Waals surface area contributed by atoms with Gasteiger partial charge in [-0.2, -0.15) is 5.10 Å². The summed E-state index contributed by atoms with van der Waals surface area (Å²) in [6.07, 6.45) is 3.44. The summed E-state index contributed by atoms with van der Waals surface area (Å²) in [5, 5.41) is 5.96. The van der Waals surface area contributed by atoms with E-state index >= 15 is 0 Å². The van der Waals surface area contributed by atoms with Gasteiger partial charge in [0.2, 0.25) is 0 Å². The molecule has 1 heterocycles. The molecule has 4 nitrogen and oxygen atoms in total. The van der Waals surface area contributed by atoms with Gasteiger partial charge in [0.15, 0.2) is 0 Å². The molecule has 76 valence electrons. The molecule has 0 radical (unpaired) electrons. The number of nitrogens with two attached hydrogens (primary N) is 1. The highest BCUT2D eigenvalue weighted by atomic mass is 15.4. The maximum absolute atomic E-state index is 5.78. The van der Waals surface area contributed by atoms with Crippen LogP contribution in [0.25, 0.3) is 0 Å². The van der Waals surface area contributed by atoms with Crippen molar-refractivity contribution < 1.29 is 0 Å². The molecule has 0 aromatic heterocycles. The van der Waals surface area contributed by atoms with Gasteiger partial charge in [-0.3, -0.25) is 10.0 Å². The summed E-state index contributed by atoms with van der Waals surface area (Å²) in [5.41, 5.74) is 5.29. The molecule has 13 heavy (non-hydrogen) atoms. The van der Waals surface area contributed by atoms with Crippen molar-refractivity contribution in [1.82, 2.24) is 5.01 Å². The van der Waals surface area contributed by atoms with Gasteiger partial charge < -0.3 is 5.73 Å². The Bertz CT molecular complexity index is 184. The van der Waals surface area contributed by atoms with E-state index in [1.165, 1.54) is 0 Å². The Morgan fingerprint density at radius 3 is 2.62 bits per heavy atom. The fraction of sp³-hybridized carbons (Fsp3) is 0.778. The fourth-order valence-corrected chi connectivity index (χ4v) is 0.778. The van der Waals surface area contributed by atoms with Crippen LogP contribution in [-0.4, -0.2) is 43.1 Å². The predicted molar refractivity (Wildman–Crippen MR) is 58.4 cm³/mol. The third-order valence-corrected chi connectivity index (χ3v) is 1.46. The zero-order valence-corrected chi connectivity index (χ0v) is 8.99. The lowest BCUT2D eigenvalue weighted by Crippen LogP contribution is -2.41. The fourth-order valence-electron chi connectivity index (χ4n) is 0.778. The third kappa shape index (κ3) is 5.36. The molecular weight excluding hydrogens is 164 g/mol. The highest BCUT2D eigenvalue weighted by Crippen LogP contribution is 1.95. The minimum Gasteiger partial charge on any atom is -0.316 e. The van der Waals surface area contributed by atoms with Crippen molar-refractivity contribution in [1.29, 1.82) is 0 Å². The molecular formula is C9H20N4. The van der Waals surface area contributed by atoms with Crippen LogP contribution in [-0.2, 0) is 0 Å². The van der Waals surface area contributed by atoms with Crippen molar-refractivity contribution in [2.45, 2.75) is 26.3 Å². The summed E-state index contributed by atoms with van der Waals surface area (Å²) in [5.74, 6) is 0. The average molecular weight is 184 g/mol. The summed E-state index contributed by atoms with van der Waals surface area (Å²) in [4.78, 5) is 4.15. The summed E-state index contributed by atoms with van der Waals surface area (Å²) < 4.78 is 0. The van der Waals surface area contributed by atoms with Crippen LogP contribution < -0.4 is 5.73 Å². The summed E-state index contributed by atoms with van der Waals surface area (Å²) >= 11 is 0. The number of hydrogen-bond donors (Lipinski definition) is 1. The minimum atomic E-state index is -0.491. The largest absolute Gasteiger partial charge is 0.316 e. The van der Waals surface area contributed by atoms with Gasteiger partial charge in [0, 0.05) is 19.5 Å². The number of likely N-dealkylation sites (N-methyl/N-ethyl adjacent to an activating group) is 1. The van der Waals surface area contributed by atoms with Gasteiger partial charge >= 0.3 is 0 Å². The molecule has 0 aliphatic carbocycles. The molecule has 4 heteroatoms. The Morgan fingerprint density at radius 1 is 1.38 bits per heavy atom. The molecule has 0 saturated carbocycles. The topological polar surface area (TPSA) is 54.0 Å². The summed E-state index contributed by atoms with van der Waals surface area (Å²) in [7, 11) is 1.91. The number of nitrogens with zero attached hydrogens (tertiary/aromatic N) is 3. The van der Waals surface area contributed by atoms with E-state index < -0.39 is 5.54 Å². The van der Waals surface area contributed by atoms with Crippen LogP contribution in [0.1, 0.15) is 20.8 Å². The van der Waals surface area contributed by atoms with Gasteiger partial charge in [0.1, 0.15) is 0 Å². The van der Waals surface area contributed by atoms with Crippen molar-refractivity contribution in [3.05, 3.63) is 0 Å². The van der Waals surface area contributed by atoms with Crippen molar-refractivity contribution in [2.24, 2.45) is 15.8 Å². The molecule has 0 fully saturated rings. The first-order chi connectivity index (χ1) is 6.10. The normalized spacial score (nSPS) is 29.8. The van der Waals surface area contributed by atoms with Gasteiger partial charge in [-0.1, -0.05) is 13.8 Å². The van der Waals surface area contributed by atoms with E-state index in [0.717, 1.165) is 13.1 Å². The van der Waals surface area contributed by atoms with Gasteiger partial charge in [0.05, 0.1) is 18.6 Å².